The highest BCUT2D eigenvalue weighted by Gasteiger charge is 2.27. The number of benzene rings is 1. The Morgan fingerprint density at radius 2 is 2.06 bits per heavy atom. The Kier molecular flexibility index (Phi) is 4.76. The molecule has 2 rings (SSSR count). The SMILES string of the molecule is NC(CCCC(=O)OCc1ccccc1)C1CC1. The van der Waals surface area contributed by atoms with Crippen LogP contribution in [-0.4, -0.2) is 12.0 Å². The van der Waals surface area contributed by atoms with Crippen LogP contribution in [0.1, 0.15) is 37.7 Å². The fourth-order valence-corrected chi connectivity index (χ4v) is 2.05. The summed E-state index contributed by atoms with van der Waals surface area (Å²) in [4.78, 5) is 11.5. The standard InChI is InChI=1S/C15H21NO2/c16-14(13-9-10-13)7-4-8-15(17)18-11-12-5-2-1-3-6-12/h1-3,5-6,13-14H,4,7-11,16H2. The molecule has 0 saturated heterocycles. The minimum atomic E-state index is -0.123. The van der Waals surface area contributed by atoms with Gasteiger partial charge in [0.05, 0.1) is 0 Å². The van der Waals surface area contributed by atoms with Gasteiger partial charge in [0, 0.05) is 12.5 Å². The Morgan fingerprint density at radius 3 is 2.72 bits per heavy atom. The molecule has 0 radical (unpaired) electrons. The largest absolute Gasteiger partial charge is 0.461 e. The lowest BCUT2D eigenvalue weighted by Crippen LogP contribution is -2.22. The lowest BCUT2D eigenvalue weighted by Gasteiger charge is -2.09. The maximum atomic E-state index is 11.5. The van der Waals surface area contributed by atoms with Gasteiger partial charge in [-0.3, -0.25) is 4.79 Å². The van der Waals surface area contributed by atoms with Gasteiger partial charge in [-0.05, 0) is 37.2 Å². The van der Waals surface area contributed by atoms with Crippen LogP contribution in [0.4, 0.5) is 0 Å². The summed E-state index contributed by atoms with van der Waals surface area (Å²) >= 11 is 0. The number of esters is 1. The molecule has 1 saturated carbocycles. The van der Waals surface area contributed by atoms with Crippen molar-refractivity contribution in [3.63, 3.8) is 0 Å². The first-order valence-electron chi connectivity index (χ1n) is 6.71. The summed E-state index contributed by atoms with van der Waals surface area (Å²) in [5.74, 6) is 0.590. The van der Waals surface area contributed by atoms with E-state index >= 15 is 0 Å². The molecule has 1 unspecified atom stereocenters. The van der Waals surface area contributed by atoms with Crippen LogP contribution in [0.25, 0.3) is 0 Å². The number of carbonyl (C=O) groups excluding carboxylic acids is 1. The average Bonchev–Trinajstić information content (AvgIpc) is 3.22. The molecular formula is C15H21NO2. The van der Waals surface area contributed by atoms with Crippen LogP contribution >= 0.6 is 0 Å². The molecule has 0 aromatic heterocycles. The van der Waals surface area contributed by atoms with Gasteiger partial charge in [-0.2, -0.15) is 0 Å². The molecule has 2 N–H and O–H groups in total. The van der Waals surface area contributed by atoms with E-state index in [0.717, 1.165) is 18.4 Å². The molecule has 3 nitrogen and oxygen atoms in total. The monoisotopic (exact) mass is 247 g/mol. The van der Waals surface area contributed by atoms with E-state index < -0.39 is 0 Å². The Morgan fingerprint density at radius 1 is 1.33 bits per heavy atom. The minimum Gasteiger partial charge on any atom is -0.461 e. The van der Waals surface area contributed by atoms with Crippen molar-refractivity contribution in [1.29, 1.82) is 0 Å². The Hall–Kier alpha value is -1.35. The average molecular weight is 247 g/mol. The van der Waals surface area contributed by atoms with Gasteiger partial charge in [-0.25, -0.2) is 0 Å². The first-order chi connectivity index (χ1) is 8.75. The van der Waals surface area contributed by atoms with Crippen LogP contribution in [0.2, 0.25) is 0 Å². The second-order valence-electron chi connectivity index (χ2n) is 5.04. The third-order valence-corrected chi connectivity index (χ3v) is 3.39. The van der Waals surface area contributed by atoms with Crippen molar-refractivity contribution in [2.45, 2.75) is 44.8 Å². The van der Waals surface area contributed by atoms with Crippen LogP contribution in [0.3, 0.4) is 0 Å². The summed E-state index contributed by atoms with van der Waals surface area (Å²) in [6, 6.07) is 10.0. The Balaban J connectivity index is 1.57. The first-order valence-corrected chi connectivity index (χ1v) is 6.71. The van der Waals surface area contributed by atoms with Gasteiger partial charge in [0.25, 0.3) is 0 Å². The normalized spacial score (nSPS) is 16.3. The molecule has 3 heteroatoms. The van der Waals surface area contributed by atoms with E-state index in [9.17, 15) is 4.79 Å². The van der Waals surface area contributed by atoms with Gasteiger partial charge >= 0.3 is 5.97 Å². The third kappa shape index (κ3) is 4.49. The van der Waals surface area contributed by atoms with Crippen molar-refractivity contribution in [2.24, 2.45) is 11.7 Å². The molecule has 0 amide bonds. The van der Waals surface area contributed by atoms with Gasteiger partial charge in [0.2, 0.25) is 0 Å². The number of hydrogen-bond donors (Lipinski definition) is 1. The molecule has 0 spiro atoms. The van der Waals surface area contributed by atoms with E-state index in [0.29, 0.717) is 18.9 Å². The molecule has 98 valence electrons. The van der Waals surface area contributed by atoms with Crippen molar-refractivity contribution in [1.82, 2.24) is 0 Å². The Labute approximate surface area is 108 Å². The second-order valence-corrected chi connectivity index (χ2v) is 5.04. The van der Waals surface area contributed by atoms with Crippen molar-refractivity contribution in [2.75, 3.05) is 0 Å². The number of rotatable bonds is 7. The summed E-state index contributed by atoms with van der Waals surface area (Å²) in [7, 11) is 0. The number of hydrogen-bond acceptors (Lipinski definition) is 3. The molecule has 0 aliphatic heterocycles. The predicted octanol–water partition coefficient (Wildman–Crippen LogP) is 2.64. The molecule has 1 atom stereocenters. The molecule has 1 aliphatic rings. The highest BCUT2D eigenvalue weighted by molar-refractivity contribution is 5.69. The van der Waals surface area contributed by atoms with Crippen LogP contribution in [0, 0.1) is 5.92 Å². The molecule has 1 fully saturated rings. The summed E-state index contributed by atoms with van der Waals surface area (Å²) < 4.78 is 5.21. The maximum Gasteiger partial charge on any atom is 0.306 e. The lowest BCUT2D eigenvalue weighted by molar-refractivity contribution is -0.145. The lowest BCUT2D eigenvalue weighted by atomic mass is 10.1. The van der Waals surface area contributed by atoms with Gasteiger partial charge in [0.1, 0.15) is 6.61 Å². The summed E-state index contributed by atoms with van der Waals surface area (Å²) in [6.07, 6.45) is 4.78. The van der Waals surface area contributed by atoms with Crippen molar-refractivity contribution >= 4 is 5.97 Å². The molecule has 1 aromatic carbocycles. The number of nitrogens with two attached hydrogens (primary N) is 1. The van der Waals surface area contributed by atoms with Crippen LogP contribution in [-0.2, 0) is 16.1 Å². The third-order valence-electron chi connectivity index (χ3n) is 3.39. The molecule has 0 bridgehead atoms. The van der Waals surface area contributed by atoms with Gasteiger partial charge in [-0.1, -0.05) is 30.3 Å². The zero-order valence-corrected chi connectivity index (χ0v) is 10.7. The van der Waals surface area contributed by atoms with E-state index in [1.807, 2.05) is 30.3 Å². The topological polar surface area (TPSA) is 52.3 Å². The van der Waals surface area contributed by atoms with Crippen molar-refractivity contribution in [3.05, 3.63) is 35.9 Å². The minimum absolute atomic E-state index is 0.123. The van der Waals surface area contributed by atoms with Crippen LogP contribution in [0.15, 0.2) is 30.3 Å². The van der Waals surface area contributed by atoms with E-state index in [-0.39, 0.29) is 12.0 Å². The zero-order chi connectivity index (χ0) is 12.8. The molecule has 1 aliphatic carbocycles. The fraction of sp³-hybridized carbons (Fsp3) is 0.533. The maximum absolute atomic E-state index is 11.5. The first kappa shape index (κ1) is 13.1. The summed E-state index contributed by atoms with van der Waals surface area (Å²) in [5.41, 5.74) is 7.01. The van der Waals surface area contributed by atoms with Crippen molar-refractivity contribution < 1.29 is 9.53 Å². The summed E-state index contributed by atoms with van der Waals surface area (Å²) in [5, 5.41) is 0. The highest BCUT2D eigenvalue weighted by atomic mass is 16.5. The van der Waals surface area contributed by atoms with Gasteiger partial charge < -0.3 is 10.5 Å². The second kappa shape index (κ2) is 6.55. The molecular weight excluding hydrogens is 226 g/mol. The van der Waals surface area contributed by atoms with E-state index in [2.05, 4.69) is 0 Å². The number of ether oxygens (including phenoxy) is 1. The van der Waals surface area contributed by atoms with E-state index in [4.69, 9.17) is 10.5 Å². The number of carbonyl (C=O) groups is 1. The molecule has 0 heterocycles. The van der Waals surface area contributed by atoms with E-state index in [1.165, 1.54) is 12.8 Å². The Bertz CT molecular complexity index is 373. The van der Waals surface area contributed by atoms with Gasteiger partial charge in [-0.15, -0.1) is 0 Å². The fourth-order valence-electron chi connectivity index (χ4n) is 2.05. The van der Waals surface area contributed by atoms with Gasteiger partial charge in [0.15, 0.2) is 0 Å². The molecule has 18 heavy (non-hydrogen) atoms. The van der Waals surface area contributed by atoms with Crippen LogP contribution in [0.5, 0.6) is 0 Å². The van der Waals surface area contributed by atoms with Crippen LogP contribution < -0.4 is 5.73 Å². The quantitative estimate of drug-likeness (QED) is 0.754. The smallest absolute Gasteiger partial charge is 0.306 e. The molecule has 1 aromatic rings. The summed E-state index contributed by atoms with van der Waals surface area (Å²) in [6.45, 7) is 0.369. The van der Waals surface area contributed by atoms with Crippen molar-refractivity contribution in [3.8, 4) is 0 Å². The predicted molar refractivity (Wildman–Crippen MR) is 70.8 cm³/mol. The zero-order valence-electron chi connectivity index (χ0n) is 10.7. The highest BCUT2D eigenvalue weighted by Crippen LogP contribution is 2.33. The van der Waals surface area contributed by atoms with E-state index in [1.54, 1.807) is 0 Å².